The van der Waals surface area contributed by atoms with E-state index in [0.717, 1.165) is 13.0 Å². The van der Waals surface area contributed by atoms with Crippen LogP contribution in [0.5, 0.6) is 0 Å². The summed E-state index contributed by atoms with van der Waals surface area (Å²) < 4.78 is 1.64. The number of aromatic nitrogens is 2. The topological polar surface area (TPSA) is 58.9 Å². The molecule has 2 aromatic carbocycles. The maximum Gasteiger partial charge on any atom is 0.271 e. The molecule has 0 radical (unpaired) electrons. The van der Waals surface area contributed by atoms with E-state index in [9.17, 15) is 4.79 Å². The van der Waals surface area contributed by atoms with Gasteiger partial charge in [-0.2, -0.15) is 5.10 Å². The van der Waals surface area contributed by atoms with Crippen LogP contribution in [0, 0.1) is 6.92 Å². The van der Waals surface area contributed by atoms with Gasteiger partial charge in [-0.3, -0.25) is 9.48 Å². The van der Waals surface area contributed by atoms with Gasteiger partial charge in [0.2, 0.25) is 0 Å². The van der Waals surface area contributed by atoms with Gasteiger partial charge in [-0.05, 0) is 66.6 Å². The monoisotopic (exact) mass is 418 g/mol. The first-order valence-electron chi connectivity index (χ1n) is 11.1. The molecule has 0 saturated heterocycles. The number of hydrogen-bond acceptors (Lipinski definition) is 3. The standard InChI is InChI=1S/C26H34N4O/c1-5-8-22(18-27-3)23-12-11-21(17-19(23)2)24-10-7-6-9-20(24)13-15-28-26(31)25-14-16-30(4)29-25/h6-7,9-12,14,16-17,22,27H,5,8,13,15,18H2,1-4H3,(H,28,31)/t22-/m1/s1. The summed E-state index contributed by atoms with van der Waals surface area (Å²) in [6.07, 6.45) is 4.92. The van der Waals surface area contributed by atoms with Crippen LogP contribution < -0.4 is 10.6 Å². The van der Waals surface area contributed by atoms with E-state index in [2.05, 4.69) is 72.0 Å². The molecule has 0 spiro atoms. The predicted molar refractivity (Wildman–Crippen MR) is 127 cm³/mol. The molecule has 0 aliphatic rings. The number of hydrogen-bond donors (Lipinski definition) is 2. The molecule has 2 N–H and O–H groups in total. The van der Waals surface area contributed by atoms with E-state index < -0.39 is 0 Å². The summed E-state index contributed by atoms with van der Waals surface area (Å²) in [5.74, 6) is 0.408. The van der Waals surface area contributed by atoms with Crippen molar-refractivity contribution in [3.05, 3.63) is 77.1 Å². The molecule has 1 heterocycles. The largest absolute Gasteiger partial charge is 0.350 e. The van der Waals surface area contributed by atoms with Crippen molar-refractivity contribution < 1.29 is 4.79 Å². The maximum absolute atomic E-state index is 12.3. The first-order chi connectivity index (χ1) is 15.0. The van der Waals surface area contributed by atoms with Gasteiger partial charge in [0.1, 0.15) is 5.69 Å². The second kappa shape index (κ2) is 10.9. The third-order valence-corrected chi connectivity index (χ3v) is 5.75. The summed E-state index contributed by atoms with van der Waals surface area (Å²) in [5.41, 5.74) is 6.91. The highest BCUT2D eigenvalue weighted by Crippen LogP contribution is 2.30. The molecular formula is C26H34N4O. The molecule has 0 fully saturated rings. The molecule has 1 aromatic heterocycles. The molecule has 0 aliphatic heterocycles. The summed E-state index contributed by atoms with van der Waals surface area (Å²) in [6.45, 7) is 6.03. The average molecular weight is 419 g/mol. The average Bonchev–Trinajstić information content (AvgIpc) is 3.20. The van der Waals surface area contributed by atoms with Gasteiger partial charge in [0.25, 0.3) is 5.91 Å². The summed E-state index contributed by atoms with van der Waals surface area (Å²) in [7, 11) is 3.83. The minimum absolute atomic E-state index is 0.134. The fourth-order valence-electron chi connectivity index (χ4n) is 4.22. The maximum atomic E-state index is 12.3. The van der Waals surface area contributed by atoms with Crippen LogP contribution in [0.1, 0.15) is 52.9 Å². The molecule has 0 saturated carbocycles. The molecule has 1 atom stereocenters. The minimum Gasteiger partial charge on any atom is -0.350 e. The zero-order valence-electron chi connectivity index (χ0n) is 19.1. The van der Waals surface area contributed by atoms with Gasteiger partial charge in [-0.1, -0.05) is 55.8 Å². The molecule has 164 valence electrons. The number of nitrogens with zero attached hydrogens (tertiary/aromatic N) is 2. The molecule has 0 unspecified atom stereocenters. The fourth-order valence-corrected chi connectivity index (χ4v) is 4.22. The number of likely N-dealkylation sites (N-methyl/N-ethyl adjacent to an activating group) is 1. The highest BCUT2D eigenvalue weighted by Gasteiger charge is 2.14. The highest BCUT2D eigenvalue weighted by molar-refractivity contribution is 5.92. The summed E-state index contributed by atoms with van der Waals surface area (Å²) in [5, 5.41) is 10.5. The van der Waals surface area contributed by atoms with Crippen LogP contribution in [-0.4, -0.2) is 35.8 Å². The van der Waals surface area contributed by atoms with E-state index in [4.69, 9.17) is 0 Å². The molecular weight excluding hydrogens is 384 g/mol. The van der Waals surface area contributed by atoms with Crippen molar-refractivity contribution in [3.8, 4) is 11.1 Å². The van der Waals surface area contributed by atoms with Gasteiger partial charge >= 0.3 is 0 Å². The van der Waals surface area contributed by atoms with Crippen molar-refractivity contribution in [2.75, 3.05) is 20.1 Å². The SMILES string of the molecule is CCC[C@H](CNC)c1ccc(-c2ccccc2CCNC(=O)c2ccn(C)n2)cc1C. The minimum atomic E-state index is -0.134. The predicted octanol–water partition coefficient (Wildman–Crippen LogP) is 4.47. The Bertz CT molecular complexity index is 1000. The van der Waals surface area contributed by atoms with Crippen LogP contribution in [0.15, 0.2) is 54.7 Å². The Kier molecular flexibility index (Phi) is 8.01. The lowest BCUT2D eigenvalue weighted by Crippen LogP contribution is -2.26. The Morgan fingerprint density at radius 2 is 1.97 bits per heavy atom. The van der Waals surface area contributed by atoms with Gasteiger partial charge < -0.3 is 10.6 Å². The van der Waals surface area contributed by atoms with E-state index in [1.807, 2.05) is 14.1 Å². The van der Waals surface area contributed by atoms with E-state index in [0.29, 0.717) is 18.2 Å². The Hall–Kier alpha value is -2.92. The van der Waals surface area contributed by atoms with Gasteiger partial charge in [0.15, 0.2) is 0 Å². The molecule has 5 heteroatoms. The second-order valence-electron chi connectivity index (χ2n) is 8.15. The van der Waals surface area contributed by atoms with Crippen LogP contribution in [0.3, 0.4) is 0 Å². The van der Waals surface area contributed by atoms with Crippen molar-refractivity contribution in [2.45, 2.75) is 39.0 Å². The summed E-state index contributed by atoms with van der Waals surface area (Å²) >= 11 is 0. The van der Waals surface area contributed by atoms with Crippen molar-refractivity contribution in [3.63, 3.8) is 0 Å². The number of carbonyl (C=O) groups is 1. The summed E-state index contributed by atoms with van der Waals surface area (Å²) in [4.78, 5) is 12.3. The van der Waals surface area contributed by atoms with Crippen LogP contribution in [0.2, 0.25) is 0 Å². The lowest BCUT2D eigenvalue weighted by atomic mass is 9.88. The summed E-state index contributed by atoms with van der Waals surface area (Å²) in [6, 6.07) is 17.0. The smallest absolute Gasteiger partial charge is 0.271 e. The molecule has 0 bridgehead atoms. The molecule has 1 amide bonds. The Labute approximate surface area is 185 Å². The Morgan fingerprint density at radius 1 is 1.16 bits per heavy atom. The third-order valence-electron chi connectivity index (χ3n) is 5.75. The number of amides is 1. The van der Waals surface area contributed by atoms with Crippen molar-refractivity contribution >= 4 is 5.91 Å². The van der Waals surface area contributed by atoms with Crippen LogP contribution in [0.4, 0.5) is 0 Å². The van der Waals surface area contributed by atoms with Gasteiger partial charge in [-0.15, -0.1) is 0 Å². The fraction of sp³-hybridized carbons (Fsp3) is 0.385. The molecule has 5 nitrogen and oxygen atoms in total. The first-order valence-corrected chi connectivity index (χ1v) is 11.1. The van der Waals surface area contributed by atoms with Crippen molar-refractivity contribution in [2.24, 2.45) is 7.05 Å². The van der Waals surface area contributed by atoms with Crippen LogP contribution >= 0.6 is 0 Å². The Morgan fingerprint density at radius 3 is 2.65 bits per heavy atom. The lowest BCUT2D eigenvalue weighted by Gasteiger charge is -2.20. The van der Waals surface area contributed by atoms with Gasteiger partial charge in [0, 0.05) is 26.3 Å². The molecule has 0 aliphatic carbocycles. The number of aryl methyl sites for hydroxylation is 2. The zero-order chi connectivity index (χ0) is 22.2. The van der Waals surface area contributed by atoms with E-state index >= 15 is 0 Å². The Balaban J connectivity index is 1.73. The third kappa shape index (κ3) is 5.82. The number of benzene rings is 2. The van der Waals surface area contributed by atoms with Gasteiger partial charge in [-0.25, -0.2) is 0 Å². The zero-order valence-corrected chi connectivity index (χ0v) is 19.1. The molecule has 3 rings (SSSR count). The quantitative estimate of drug-likeness (QED) is 0.511. The number of nitrogens with one attached hydrogen (secondary N) is 2. The highest BCUT2D eigenvalue weighted by atomic mass is 16.1. The van der Waals surface area contributed by atoms with E-state index in [-0.39, 0.29) is 5.91 Å². The van der Waals surface area contributed by atoms with Gasteiger partial charge in [0.05, 0.1) is 0 Å². The molecule has 3 aromatic rings. The van der Waals surface area contributed by atoms with E-state index in [1.165, 1.54) is 40.7 Å². The first kappa shape index (κ1) is 22.8. The van der Waals surface area contributed by atoms with Crippen LogP contribution in [0.25, 0.3) is 11.1 Å². The van der Waals surface area contributed by atoms with Crippen LogP contribution in [-0.2, 0) is 13.5 Å². The number of rotatable bonds is 10. The van der Waals surface area contributed by atoms with Crippen molar-refractivity contribution in [1.82, 2.24) is 20.4 Å². The molecule has 31 heavy (non-hydrogen) atoms. The number of carbonyl (C=O) groups excluding carboxylic acids is 1. The second-order valence-corrected chi connectivity index (χ2v) is 8.15. The van der Waals surface area contributed by atoms with Crippen molar-refractivity contribution in [1.29, 1.82) is 0 Å². The normalized spacial score (nSPS) is 12.0. The van der Waals surface area contributed by atoms with E-state index in [1.54, 1.807) is 16.9 Å². The lowest BCUT2D eigenvalue weighted by molar-refractivity contribution is 0.0948.